The minimum atomic E-state index is 0.253. The predicted molar refractivity (Wildman–Crippen MR) is 63.7 cm³/mol. The fraction of sp³-hybridized carbons (Fsp3) is 0.250. The molecule has 0 atom stereocenters. The van der Waals surface area contributed by atoms with Crippen LogP contribution in [0.1, 0.15) is 6.42 Å². The molecule has 0 bridgehead atoms. The van der Waals surface area contributed by atoms with Crippen LogP contribution >= 0.6 is 0 Å². The molecule has 0 unspecified atom stereocenters. The van der Waals surface area contributed by atoms with E-state index in [1.807, 2.05) is 23.4 Å². The number of nitrogens with zero attached hydrogens (tertiary/aromatic N) is 3. The average Bonchev–Trinajstić information content (AvgIpc) is 3.00. The number of hydrogen-bond donors (Lipinski definition) is 1. The lowest BCUT2D eigenvalue weighted by Gasteiger charge is -2.13. The maximum absolute atomic E-state index is 11.2. The number of hydrogen-bond acceptors (Lipinski definition) is 4. The van der Waals surface area contributed by atoms with Gasteiger partial charge in [-0.1, -0.05) is 0 Å². The molecule has 2 aromatic heterocycles. The number of rotatable bonds is 2. The van der Waals surface area contributed by atoms with E-state index in [2.05, 4.69) is 15.0 Å². The third kappa shape index (κ3) is 1.91. The van der Waals surface area contributed by atoms with Gasteiger partial charge in [0, 0.05) is 48.9 Å². The number of carbonyl (C=O) groups excluding carboxylic acids is 1. The van der Waals surface area contributed by atoms with Gasteiger partial charge in [0.1, 0.15) is 0 Å². The molecule has 1 saturated heterocycles. The molecule has 3 heterocycles. The molecule has 0 saturated carbocycles. The molecule has 0 aliphatic carbocycles. The fourth-order valence-corrected chi connectivity index (χ4v) is 1.94. The van der Waals surface area contributed by atoms with Gasteiger partial charge >= 0.3 is 0 Å². The van der Waals surface area contributed by atoms with E-state index in [-0.39, 0.29) is 5.78 Å². The molecule has 0 spiro atoms. The second-order valence-electron chi connectivity index (χ2n) is 4.08. The number of H-pyrrole nitrogens is 1. The average molecular weight is 228 g/mol. The molecule has 1 aliphatic heterocycles. The maximum Gasteiger partial charge on any atom is 0.225 e. The Kier molecular flexibility index (Phi) is 2.36. The number of anilines is 1. The molecule has 17 heavy (non-hydrogen) atoms. The summed E-state index contributed by atoms with van der Waals surface area (Å²) in [6.45, 7) is 1.16. The summed E-state index contributed by atoms with van der Waals surface area (Å²) in [5, 5.41) is 0. The summed E-state index contributed by atoms with van der Waals surface area (Å²) in [5.41, 5.74) is 2.04. The van der Waals surface area contributed by atoms with Crippen LogP contribution in [0.3, 0.4) is 0 Å². The van der Waals surface area contributed by atoms with Crippen molar-refractivity contribution >= 4 is 11.7 Å². The SMILES string of the molecule is O=C1CCN(c2ncc(-c3cc[nH]c3)cn2)C1. The zero-order valence-corrected chi connectivity index (χ0v) is 9.26. The summed E-state index contributed by atoms with van der Waals surface area (Å²) in [4.78, 5) is 24.7. The van der Waals surface area contributed by atoms with Crippen LogP contribution < -0.4 is 4.90 Å². The Hall–Kier alpha value is -2.17. The molecule has 0 aromatic carbocycles. The lowest BCUT2D eigenvalue weighted by molar-refractivity contribution is -0.116. The van der Waals surface area contributed by atoms with Crippen molar-refractivity contribution < 1.29 is 4.79 Å². The zero-order valence-electron chi connectivity index (χ0n) is 9.26. The maximum atomic E-state index is 11.2. The number of aromatic amines is 1. The van der Waals surface area contributed by atoms with Crippen LogP contribution in [0, 0.1) is 0 Å². The molecule has 1 N–H and O–H groups in total. The minimum Gasteiger partial charge on any atom is -0.367 e. The molecule has 1 fully saturated rings. The molecular formula is C12H12N4O. The van der Waals surface area contributed by atoms with Gasteiger partial charge in [-0.15, -0.1) is 0 Å². The van der Waals surface area contributed by atoms with Crippen LogP contribution in [0.5, 0.6) is 0 Å². The highest BCUT2D eigenvalue weighted by molar-refractivity contribution is 5.86. The van der Waals surface area contributed by atoms with Crippen molar-refractivity contribution in [3.8, 4) is 11.1 Å². The van der Waals surface area contributed by atoms with E-state index < -0.39 is 0 Å². The Bertz CT molecular complexity index is 518. The highest BCUT2D eigenvalue weighted by atomic mass is 16.1. The second-order valence-corrected chi connectivity index (χ2v) is 4.08. The third-order valence-electron chi connectivity index (χ3n) is 2.88. The van der Waals surface area contributed by atoms with Gasteiger partial charge in [0.2, 0.25) is 5.95 Å². The fourth-order valence-electron chi connectivity index (χ4n) is 1.94. The topological polar surface area (TPSA) is 61.9 Å². The quantitative estimate of drug-likeness (QED) is 0.840. The van der Waals surface area contributed by atoms with Crippen molar-refractivity contribution in [3.63, 3.8) is 0 Å². The van der Waals surface area contributed by atoms with Crippen LogP contribution in [0.2, 0.25) is 0 Å². The molecule has 0 amide bonds. The van der Waals surface area contributed by atoms with Crippen molar-refractivity contribution in [1.82, 2.24) is 15.0 Å². The van der Waals surface area contributed by atoms with Crippen LogP contribution in [-0.4, -0.2) is 33.8 Å². The number of carbonyl (C=O) groups is 1. The Balaban J connectivity index is 1.83. The molecule has 3 rings (SSSR count). The van der Waals surface area contributed by atoms with Crippen molar-refractivity contribution in [2.24, 2.45) is 0 Å². The molecule has 2 aromatic rings. The molecule has 5 nitrogen and oxygen atoms in total. The van der Waals surface area contributed by atoms with Gasteiger partial charge in [0.05, 0.1) is 6.54 Å². The van der Waals surface area contributed by atoms with Gasteiger partial charge in [-0.25, -0.2) is 9.97 Å². The minimum absolute atomic E-state index is 0.253. The van der Waals surface area contributed by atoms with Crippen LogP contribution in [0.25, 0.3) is 11.1 Å². The van der Waals surface area contributed by atoms with Gasteiger partial charge in [-0.3, -0.25) is 4.79 Å². The lowest BCUT2D eigenvalue weighted by Crippen LogP contribution is -2.21. The van der Waals surface area contributed by atoms with E-state index in [0.29, 0.717) is 18.9 Å². The summed E-state index contributed by atoms with van der Waals surface area (Å²) >= 11 is 0. The molecular weight excluding hydrogens is 216 g/mol. The van der Waals surface area contributed by atoms with Crippen LogP contribution in [0.4, 0.5) is 5.95 Å². The Labute approximate surface area is 98.5 Å². The van der Waals surface area contributed by atoms with Gasteiger partial charge in [-0.05, 0) is 6.07 Å². The molecule has 1 aliphatic rings. The van der Waals surface area contributed by atoms with Crippen LogP contribution in [-0.2, 0) is 4.79 Å². The number of nitrogens with one attached hydrogen (secondary N) is 1. The van der Waals surface area contributed by atoms with Gasteiger partial charge in [-0.2, -0.15) is 0 Å². The van der Waals surface area contributed by atoms with Crippen molar-refractivity contribution in [1.29, 1.82) is 0 Å². The molecule has 0 radical (unpaired) electrons. The second kappa shape index (κ2) is 4.01. The number of ketones is 1. The van der Waals surface area contributed by atoms with E-state index in [1.54, 1.807) is 12.4 Å². The number of Topliss-reactive ketones (excluding diaryl/α,β-unsaturated/α-hetero) is 1. The Morgan fingerprint density at radius 3 is 2.65 bits per heavy atom. The van der Waals surface area contributed by atoms with E-state index in [0.717, 1.165) is 17.7 Å². The van der Waals surface area contributed by atoms with Gasteiger partial charge in [0.25, 0.3) is 0 Å². The first-order valence-corrected chi connectivity index (χ1v) is 5.55. The monoisotopic (exact) mass is 228 g/mol. The summed E-state index contributed by atoms with van der Waals surface area (Å²) in [6, 6.07) is 1.97. The smallest absolute Gasteiger partial charge is 0.225 e. The first-order chi connectivity index (χ1) is 8.33. The van der Waals surface area contributed by atoms with Gasteiger partial charge < -0.3 is 9.88 Å². The van der Waals surface area contributed by atoms with E-state index in [4.69, 9.17) is 0 Å². The van der Waals surface area contributed by atoms with Crippen LogP contribution in [0.15, 0.2) is 30.9 Å². The van der Waals surface area contributed by atoms with Crippen molar-refractivity contribution in [3.05, 3.63) is 30.9 Å². The molecule has 86 valence electrons. The zero-order chi connectivity index (χ0) is 11.7. The van der Waals surface area contributed by atoms with Gasteiger partial charge in [0.15, 0.2) is 5.78 Å². The third-order valence-corrected chi connectivity index (χ3v) is 2.88. The summed E-state index contributed by atoms with van der Waals surface area (Å²) in [7, 11) is 0. The number of aromatic nitrogens is 3. The summed E-state index contributed by atoms with van der Waals surface area (Å²) in [6.07, 6.45) is 7.94. The van der Waals surface area contributed by atoms with E-state index >= 15 is 0 Å². The van der Waals surface area contributed by atoms with E-state index in [1.165, 1.54) is 0 Å². The predicted octanol–water partition coefficient (Wildman–Crippen LogP) is 1.25. The van der Waals surface area contributed by atoms with Crippen molar-refractivity contribution in [2.75, 3.05) is 18.0 Å². The Morgan fingerprint density at radius 1 is 1.24 bits per heavy atom. The summed E-state index contributed by atoms with van der Waals surface area (Å²) < 4.78 is 0. The largest absolute Gasteiger partial charge is 0.367 e. The standard InChI is InChI=1S/C12H12N4O/c17-11-2-4-16(8-11)12-14-6-10(7-15-12)9-1-3-13-5-9/h1,3,5-7,13H,2,4,8H2. The Morgan fingerprint density at radius 2 is 2.06 bits per heavy atom. The summed E-state index contributed by atoms with van der Waals surface area (Å²) in [5.74, 6) is 0.887. The highest BCUT2D eigenvalue weighted by Gasteiger charge is 2.21. The highest BCUT2D eigenvalue weighted by Crippen LogP contribution is 2.19. The normalized spacial score (nSPS) is 15.5. The first kappa shape index (κ1) is 10.0. The first-order valence-electron chi connectivity index (χ1n) is 5.55. The van der Waals surface area contributed by atoms with E-state index in [9.17, 15) is 4.79 Å². The molecule has 5 heteroatoms. The van der Waals surface area contributed by atoms with Crippen molar-refractivity contribution in [2.45, 2.75) is 6.42 Å². The lowest BCUT2D eigenvalue weighted by atomic mass is 10.2.